The molecule has 0 nitrogen and oxygen atoms in total. The predicted molar refractivity (Wildman–Crippen MR) is 56.1 cm³/mol. The summed E-state index contributed by atoms with van der Waals surface area (Å²) < 4.78 is 0. The molecule has 0 radical (unpaired) electrons. The van der Waals surface area contributed by atoms with Gasteiger partial charge in [0.1, 0.15) is 6.60 Å². The van der Waals surface area contributed by atoms with Gasteiger partial charge < -0.3 is 0 Å². The zero-order valence-corrected chi connectivity index (χ0v) is 8.06. The highest BCUT2D eigenvalue weighted by molar-refractivity contribution is 7.03. The first-order valence-corrected chi connectivity index (χ1v) is 4.89. The Balaban J connectivity index is 2.51. The molecule has 0 spiro atoms. The minimum atomic E-state index is 0.778. The highest BCUT2D eigenvalue weighted by atomic mass is 14.1. The van der Waals surface area contributed by atoms with E-state index in [0.29, 0.717) is 0 Å². The largest absolute Gasteiger partial charge is 0.105 e. The van der Waals surface area contributed by atoms with Crippen LogP contribution in [0.3, 0.4) is 0 Å². The van der Waals surface area contributed by atoms with Crippen molar-refractivity contribution in [3.05, 3.63) is 11.6 Å². The van der Waals surface area contributed by atoms with E-state index < -0.39 is 0 Å². The Bertz CT molecular complexity index is 150. The quantitative estimate of drug-likeness (QED) is 0.393. The molecule has 2 heteroatoms. The Hall–Kier alpha value is -0.130. The van der Waals surface area contributed by atoms with E-state index in [1.165, 1.54) is 25.5 Å². The molecule has 60 valence electrons. The monoisotopic (exact) mass is 148 g/mol. The lowest BCUT2D eigenvalue weighted by Crippen LogP contribution is -2.08. The van der Waals surface area contributed by atoms with Gasteiger partial charge in [0.05, 0.1) is 7.74 Å². The molecular formula is C9H18B2. The van der Waals surface area contributed by atoms with Crippen molar-refractivity contribution in [1.29, 1.82) is 0 Å². The molecule has 11 heavy (non-hydrogen) atoms. The van der Waals surface area contributed by atoms with Gasteiger partial charge in [0.25, 0.3) is 0 Å². The number of allylic oxidation sites excluding steroid dienone is 2. The van der Waals surface area contributed by atoms with E-state index in [0.717, 1.165) is 12.5 Å². The Morgan fingerprint density at radius 1 is 1.55 bits per heavy atom. The van der Waals surface area contributed by atoms with Crippen LogP contribution < -0.4 is 0 Å². The maximum absolute atomic E-state index is 2.47. The third kappa shape index (κ3) is 2.76. The standard InChI is InChI=1S/C9H18B2/c1-8(2)9-4-3-6-11(10)7-5-9/h5,8H,3-4,6-7,10H2,1-2H3. The Morgan fingerprint density at radius 2 is 2.27 bits per heavy atom. The average Bonchev–Trinajstić information content (AvgIpc) is 2.13. The molecule has 0 amide bonds. The van der Waals surface area contributed by atoms with Crippen molar-refractivity contribution < 1.29 is 0 Å². The minimum Gasteiger partial charge on any atom is -0.0929 e. The molecular weight excluding hydrogens is 130 g/mol. The summed E-state index contributed by atoms with van der Waals surface area (Å²) in [5.74, 6) is 0.778. The van der Waals surface area contributed by atoms with Gasteiger partial charge >= 0.3 is 0 Å². The van der Waals surface area contributed by atoms with Crippen molar-refractivity contribution in [1.82, 2.24) is 0 Å². The van der Waals surface area contributed by atoms with E-state index >= 15 is 0 Å². The summed E-state index contributed by atoms with van der Waals surface area (Å²) in [4.78, 5) is 0. The third-order valence-corrected chi connectivity index (χ3v) is 2.69. The van der Waals surface area contributed by atoms with E-state index in [-0.39, 0.29) is 0 Å². The molecule has 1 rings (SSSR count). The lowest BCUT2D eigenvalue weighted by molar-refractivity contribution is 0.703. The lowest BCUT2D eigenvalue weighted by Gasteiger charge is -2.07. The minimum absolute atomic E-state index is 0.778. The van der Waals surface area contributed by atoms with Gasteiger partial charge in [0, 0.05) is 0 Å². The molecule has 0 saturated heterocycles. The van der Waals surface area contributed by atoms with Crippen molar-refractivity contribution in [2.45, 2.75) is 39.3 Å². The van der Waals surface area contributed by atoms with Crippen LogP contribution in [-0.4, -0.2) is 14.3 Å². The second-order valence-electron chi connectivity index (χ2n) is 4.17. The molecule has 0 atom stereocenters. The molecule has 0 aliphatic carbocycles. The topological polar surface area (TPSA) is 0 Å². The van der Waals surface area contributed by atoms with Gasteiger partial charge in [0.2, 0.25) is 0 Å². The Labute approximate surface area is 71.9 Å². The van der Waals surface area contributed by atoms with E-state index in [1.807, 2.05) is 0 Å². The van der Waals surface area contributed by atoms with E-state index in [9.17, 15) is 0 Å². The van der Waals surface area contributed by atoms with E-state index in [4.69, 9.17) is 0 Å². The summed E-state index contributed by atoms with van der Waals surface area (Å²) in [6.07, 6.45) is 7.97. The molecule has 1 heterocycles. The van der Waals surface area contributed by atoms with E-state index in [1.54, 1.807) is 5.57 Å². The van der Waals surface area contributed by atoms with Crippen LogP contribution in [0.1, 0.15) is 26.7 Å². The van der Waals surface area contributed by atoms with Crippen LogP contribution in [0.4, 0.5) is 0 Å². The summed E-state index contributed by atoms with van der Waals surface area (Å²) in [5.41, 5.74) is 1.69. The van der Waals surface area contributed by atoms with Crippen LogP contribution in [0.2, 0.25) is 12.6 Å². The molecule has 1 aliphatic rings. The average molecular weight is 148 g/mol. The predicted octanol–water partition coefficient (Wildman–Crippen LogP) is 1.99. The van der Waals surface area contributed by atoms with Gasteiger partial charge in [0.15, 0.2) is 0 Å². The van der Waals surface area contributed by atoms with Gasteiger partial charge in [-0.25, -0.2) is 0 Å². The summed E-state index contributed by atoms with van der Waals surface area (Å²) >= 11 is 0. The molecule has 0 N–H and O–H groups in total. The van der Waals surface area contributed by atoms with Crippen LogP contribution in [0.15, 0.2) is 11.6 Å². The van der Waals surface area contributed by atoms with Gasteiger partial charge in [-0.1, -0.05) is 44.6 Å². The van der Waals surface area contributed by atoms with Crippen molar-refractivity contribution in [3.63, 3.8) is 0 Å². The first kappa shape index (κ1) is 8.96. The van der Waals surface area contributed by atoms with Crippen LogP contribution in [0, 0.1) is 5.92 Å². The molecule has 0 aromatic carbocycles. The van der Waals surface area contributed by atoms with Crippen molar-refractivity contribution >= 4 is 14.3 Å². The summed E-state index contributed by atoms with van der Waals surface area (Å²) in [7, 11) is 2.36. The molecule has 0 aromatic heterocycles. The van der Waals surface area contributed by atoms with Crippen LogP contribution >= 0.6 is 0 Å². The van der Waals surface area contributed by atoms with Gasteiger partial charge in [-0.15, -0.1) is 0 Å². The first-order chi connectivity index (χ1) is 5.20. The molecule has 1 aliphatic heterocycles. The SMILES string of the molecule is BB1CC=C(C(C)C)CCC1. The molecule has 0 saturated carbocycles. The second kappa shape index (κ2) is 4.04. The highest BCUT2D eigenvalue weighted by Crippen LogP contribution is 2.22. The zero-order valence-electron chi connectivity index (χ0n) is 8.06. The lowest BCUT2D eigenvalue weighted by atomic mass is 9.29. The molecule has 0 bridgehead atoms. The van der Waals surface area contributed by atoms with Crippen molar-refractivity contribution in [2.24, 2.45) is 5.92 Å². The number of hydrogen-bond acceptors (Lipinski definition) is 0. The van der Waals surface area contributed by atoms with E-state index in [2.05, 4.69) is 27.7 Å². The highest BCUT2D eigenvalue weighted by Gasteiger charge is 2.11. The first-order valence-electron chi connectivity index (χ1n) is 4.89. The summed E-state index contributed by atoms with van der Waals surface area (Å²) in [6.45, 7) is 5.54. The van der Waals surface area contributed by atoms with Crippen LogP contribution in [0.25, 0.3) is 0 Å². The van der Waals surface area contributed by atoms with Crippen molar-refractivity contribution in [3.8, 4) is 0 Å². The fourth-order valence-electron chi connectivity index (χ4n) is 1.75. The zero-order chi connectivity index (χ0) is 8.27. The second-order valence-corrected chi connectivity index (χ2v) is 4.17. The van der Waals surface area contributed by atoms with Crippen LogP contribution in [-0.2, 0) is 0 Å². The summed E-state index contributed by atoms with van der Waals surface area (Å²) in [5, 5.41) is 0. The van der Waals surface area contributed by atoms with Crippen LogP contribution in [0.5, 0.6) is 0 Å². The van der Waals surface area contributed by atoms with Gasteiger partial charge in [-0.3, -0.25) is 0 Å². The van der Waals surface area contributed by atoms with Gasteiger partial charge in [-0.2, -0.15) is 0 Å². The normalized spacial score (nSPS) is 19.9. The fraction of sp³-hybridized carbons (Fsp3) is 0.778. The maximum Gasteiger partial charge on any atom is 0.105 e. The Kier molecular flexibility index (Phi) is 3.29. The summed E-state index contributed by atoms with van der Waals surface area (Å²) in [6, 6.07) is 0. The fourth-order valence-corrected chi connectivity index (χ4v) is 1.75. The third-order valence-electron chi connectivity index (χ3n) is 2.69. The molecule has 0 aromatic rings. The molecule has 0 fully saturated rings. The van der Waals surface area contributed by atoms with Crippen molar-refractivity contribution in [2.75, 3.05) is 0 Å². The maximum atomic E-state index is 2.47. The number of hydrogen-bond donors (Lipinski definition) is 0. The van der Waals surface area contributed by atoms with Gasteiger partial charge in [-0.05, 0) is 12.3 Å². The smallest absolute Gasteiger partial charge is 0.0929 e. The Morgan fingerprint density at radius 3 is 2.91 bits per heavy atom. The number of rotatable bonds is 1. The molecule has 0 unspecified atom stereocenters.